The van der Waals surface area contributed by atoms with E-state index in [1.165, 1.54) is 0 Å². The third kappa shape index (κ3) is 4.08. The van der Waals surface area contributed by atoms with Gasteiger partial charge in [0.1, 0.15) is 5.52 Å². The Morgan fingerprint density at radius 2 is 2.15 bits per heavy atom. The van der Waals surface area contributed by atoms with Crippen LogP contribution in [0.5, 0.6) is 0 Å². The number of benzene rings is 1. The zero-order valence-electron chi connectivity index (χ0n) is 15.9. The molecular weight excluding hydrogens is 344 g/mol. The number of hydrogen-bond acceptors (Lipinski definition) is 5. The number of rotatable bonds is 6. The van der Waals surface area contributed by atoms with Crippen LogP contribution in [0.25, 0.3) is 11.1 Å². The van der Waals surface area contributed by atoms with Crippen LogP contribution < -0.4 is 5.32 Å². The van der Waals surface area contributed by atoms with E-state index in [2.05, 4.69) is 22.0 Å². The summed E-state index contributed by atoms with van der Waals surface area (Å²) in [7, 11) is 1.62. The molecular formula is C20H22N4O3. The number of anilines is 1. The fourth-order valence-electron chi connectivity index (χ4n) is 2.73. The second-order valence-electron chi connectivity index (χ2n) is 6.32. The predicted molar refractivity (Wildman–Crippen MR) is 103 cm³/mol. The van der Waals surface area contributed by atoms with Gasteiger partial charge in [0.15, 0.2) is 11.5 Å². The number of fused-ring (bicyclic) bond motifs is 1. The highest BCUT2D eigenvalue weighted by Gasteiger charge is 2.12. The van der Waals surface area contributed by atoms with Crippen LogP contribution in [-0.2, 0) is 11.3 Å². The number of ether oxygens (including phenoxy) is 1. The van der Waals surface area contributed by atoms with Gasteiger partial charge in [0.05, 0.1) is 31.3 Å². The highest BCUT2D eigenvalue weighted by molar-refractivity contribution is 6.05. The van der Waals surface area contributed by atoms with Gasteiger partial charge < -0.3 is 14.5 Å². The van der Waals surface area contributed by atoms with Crippen LogP contribution in [0, 0.1) is 6.92 Å². The number of nitrogens with one attached hydrogen (secondary N) is 1. The van der Waals surface area contributed by atoms with Crippen LogP contribution in [0.3, 0.4) is 0 Å². The third-order valence-electron chi connectivity index (χ3n) is 4.22. The molecule has 3 rings (SSSR count). The van der Waals surface area contributed by atoms with E-state index in [-0.39, 0.29) is 5.91 Å². The van der Waals surface area contributed by atoms with E-state index in [0.717, 1.165) is 22.4 Å². The standard InChI is InChI=1S/C20H22N4O3/c1-12(2)17(13(3)26-5)11-24-10-16(9-21-24)23-20(25)15-6-7-18-19(8-15)27-14(4)22-18/h6-10H,1,11H2,2-5H3,(H,23,25)/b17-13-. The van der Waals surface area contributed by atoms with Crippen molar-refractivity contribution in [3.63, 3.8) is 0 Å². The Balaban J connectivity index is 1.74. The van der Waals surface area contributed by atoms with Crippen LogP contribution in [0.4, 0.5) is 5.69 Å². The minimum atomic E-state index is -0.241. The molecule has 140 valence electrons. The molecule has 0 saturated heterocycles. The summed E-state index contributed by atoms with van der Waals surface area (Å²) in [5.41, 5.74) is 4.27. The fraction of sp³-hybridized carbons (Fsp3) is 0.250. The number of carbonyl (C=O) groups excluding carboxylic acids is 1. The molecule has 0 bridgehead atoms. The number of oxazole rings is 1. The maximum Gasteiger partial charge on any atom is 0.255 e. The zero-order valence-corrected chi connectivity index (χ0v) is 15.9. The monoisotopic (exact) mass is 366 g/mol. The largest absolute Gasteiger partial charge is 0.501 e. The maximum atomic E-state index is 12.5. The average Bonchev–Trinajstić information content (AvgIpc) is 3.22. The first-order chi connectivity index (χ1) is 12.9. The van der Waals surface area contributed by atoms with Gasteiger partial charge in [-0.1, -0.05) is 6.58 Å². The van der Waals surface area contributed by atoms with Gasteiger partial charge in [0.25, 0.3) is 5.91 Å². The smallest absolute Gasteiger partial charge is 0.255 e. The summed E-state index contributed by atoms with van der Waals surface area (Å²) in [6.07, 6.45) is 3.37. The Hall–Kier alpha value is -3.35. The first kappa shape index (κ1) is 18.4. The summed E-state index contributed by atoms with van der Waals surface area (Å²) >= 11 is 0. The van der Waals surface area contributed by atoms with Crippen LogP contribution in [0.1, 0.15) is 30.1 Å². The third-order valence-corrected chi connectivity index (χ3v) is 4.22. The number of allylic oxidation sites excluding steroid dienone is 3. The molecule has 7 nitrogen and oxygen atoms in total. The van der Waals surface area contributed by atoms with Crippen molar-refractivity contribution in [2.45, 2.75) is 27.3 Å². The summed E-state index contributed by atoms with van der Waals surface area (Å²) in [4.78, 5) is 16.7. The second-order valence-corrected chi connectivity index (χ2v) is 6.32. The van der Waals surface area contributed by atoms with Crippen molar-refractivity contribution >= 4 is 22.7 Å². The Morgan fingerprint density at radius 1 is 1.37 bits per heavy atom. The van der Waals surface area contributed by atoms with Crippen LogP contribution in [0.15, 0.2) is 58.5 Å². The van der Waals surface area contributed by atoms with Crippen molar-refractivity contribution in [2.75, 3.05) is 12.4 Å². The molecule has 0 aliphatic carbocycles. The molecule has 2 aromatic heterocycles. The Morgan fingerprint density at radius 3 is 2.85 bits per heavy atom. The lowest BCUT2D eigenvalue weighted by atomic mass is 10.1. The van der Waals surface area contributed by atoms with Gasteiger partial charge >= 0.3 is 0 Å². The molecule has 27 heavy (non-hydrogen) atoms. The Labute approximate surface area is 157 Å². The Kier molecular flexibility index (Phi) is 5.12. The minimum absolute atomic E-state index is 0.241. The minimum Gasteiger partial charge on any atom is -0.501 e. The number of nitrogens with zero attached hydrogens (tertiary/aromatic N) is 3. The summed E-state index contributed by atoms with van der Waals surface area (Å²) in [6, 6.07) is 5.16. The first-order valence-corrected chi connectivity index (χ1v) is 8.48. The van der Waals surface area contributed by atoms with Crippen LogP contribution in [0.2, 0.25) is 0 Å². The normalized spacial score (nSPS) is 12.0. The molecule has 0 aliphatic rings. The molecule has 1 N–H and O–H groups in total. The van der Waals surface area contributed by atoms with E-state index in [1.54, 1.807) is 49.3 Å². The molecule has 0 aliphatic heterocycles. The lowest BCUT2D eigenvalue weighted by Gasteiger charge is -2.11. The van der Waals surface area contributed by atoms with Gasteiger partial charge in [-0.05, 0) is 37.6 Å². The number of methoxy groups -OCH3 is 1. The molecule has 0 unspecified atom stereocenters. The van der Waals surface area contributed by atoms with E-state index in [4.69, 9.17) is 9.15 Å². The highest BCUT2D eigenvalue weighted by atomic mass is 16.5. The van der Waals surface area contributed by atoms with Crippen molar-refractivity contribution in [1.29, 1.82) is 0 Å². The molecule has 0 saturated carbocycles. The molecule has 0 fully saturated rings. The number of aryl methyl sites for hydroxylation is 1. The summed E-state index contributed by atoms with van der Waals surface area (Å²) in [6.45, 7) is 10.1. The van der Waals surface area contributed by atoms with Crippen molar-refractivity contribution in [3.05, 3.63) is 65.5 Å². The SMILES string of the molecule is C=C(C)/C(Cn1cc(NC(=O)c2ccc3nc(C)oc3c2)cn1)=C(/C)OC. The van der Waals surface area contributed by atoms with Crippen molar-refractivity contribution < 1.29 is 13.9 Å². The van der Waals surface area contributed by atoms with Crippen molar-refractivity contribution in [2.24, 2.45) is 0 Å². The van der Waals surface area contributed by atoms with E-state index in [9.17, 15) is 4.79 Å². The average molecular weight is 366 g/mol. The van der Waals surface area contributed by atoms with Gasteiger partial charge in [0, 0.05) is 24.3 Å². The van der Waals surface area contributed by atoms with Crippen molar-refractivity contribution in [1.82, 2.24) is 14.8 Å². The molecule has 1 aromatic carbocycles. The molecule has 0 spiro atoms. The molecule has 3 aromatic rings. The van der Waals surface area contributed by atoms with Gasteiger partial charge in [-0.3, -0.25) is 9.48 Å². The van der Waals surface area contributed by atoms with Crippen molar-refractivity contribution in [3.8, 4) is 0 Å². The van der Waals surface area contributed by atoms with Crippen LogP contribution in [-0.4, -0.2) is 27.8 Å². The van der Waals surface area contributed by atoms with Gasteiger partial charge in [-0.2, -0.15) is 5.10 Å². The lowest BCUT2D eigenvalue weighted by molar-refractivity contribution is 0.102. The molecule has 0 atom stereocenters. The molecule has 0 radical (unpaired) electrons. The summed E-state index contributed by atoms with van der Waals surface area (Å²) in [5, 5.41) is 7.14. The van der Waals surface area contributed by atoms with Crippen LogP contribution >= 0.6 is 0 Å². The number of hydrogen-bond donors (Lipinski definition) is 1. The first-order valence-electron chi connectivity index (χ1n) is 8.48. The molecule has 2 heterocycles. The molecule has 1 amide bonds. The van der Waals surface area contributed by atoms with Gasteiger partial charge in [-0.25, -0.2) is 4.98 Å². The molecule has 7 heteroatoms. The Bertz CT molecular complexity index is 1040. The fourth-order valence-corrected chi connectivity index (χ4v) is 2.73. The topological polar surface area (TPSA) is 82.2 Å². The maximum absolute atomic E-state index is 12.5. The van der Waals surface area contributed by atoms with E-state index >= 15 is 0 Å². The quantitative estimate of drug-likeness (QED) is 0.525. The summed E-state index contributed by atoms with van der Waals surface area (Å²) < 4.78 is 12.5. The second kappa shape index (κ2) is 7.49. The van der Waals surface area contributed by atoms with E-state index in [1.807, 2.05) is 13.8 Å². The lowest BCUT2D eigenvalue weighted by Crippen LogP contribution is -2.11. The number of aromatic nitrogens is 3. The number of amides is 1. The summed E-state index contributed by atoms with van der Waals surface area (Å²) in [5.74, 6) is 1.12. The van der Waals surface area contributed by atoms with E-state index in [0.29, 0.717) is 29.3 Å². The predicted octanol–water partition coefficient (Wildman–Crippen LogP) is 4.08. The van der Waals surface area contributed by atoms with Gasteiger partial charge in [0.2, 0.25) is 0 Å². The highest BCUT2D eigenvalue weighted by Crippen LogP contribution is 2.19. The number of carbonyl (C=O) groups is 1. The van der Waals surface area contributed by atoms with Gasteiger partial charge in [-0.15, -0.1) is 0 Å². The van der Waals surface area contributed by atoms with E-state index < -0.39 is 0 Å². The zero-order chi connectivity index (χ0) is 19.6.